The van der Waals surface area contributed by atoms with Gasteiger partial charge in [0.05, 0.1) is 16.9 Å². The number of amides is 1. The van der Waals surface area contributed by atoms with E-state index in [0.29, 0.717) is 5.57 Å². The van der Waals surface area contributed by atoms with E-state index < -0.39 is 11.5 Å². The maximum Gasteiger partial charge on any atom is 0.287 e. The second-order valence-electron chi connectivity index (χ2n) is 4.88. The Morgan fingerprint density at radius 2 is 2.04 bits per heavy atom. The van der Waals surface area contributed by atoms with Gasteiger partial charge in [-0.3, -0.25) is 14.6 Å². The third kappa shape index (κ3) is 5.44. The number of rotatable bonds is 6. The molecule has 1 aromatic heterocycles. The Hall–Kier alpha value is -2.64. The average molecular weight is 380 g/mol. The number of aliphatic imine (C=N–C) groups is 1. The van der Waals surface area contributed by atoms with Crippen LogP contribution in [0.2, 0.25) is 10.0 Å². The van der Waals surface area contributed by atoms with Crippen LogP contribution in [0.25, 0.3) is 0 Å². The highest BCUT2D eigenvalue weighted by Gasteiger charge is 2.10. The first-order valence-corrected chi connectivity index (χ1v) is 7.94. The van der Waals surface area contributed by atoms with Gasteiger partial charge in [-0.15, -0.1) is 0 Å². The fraction of sp³-hybridized carbons (Fsp3) is 0.125. The molecule has 2 rings (SSSR count). The van der Waals surface area contributed by atoms with E-state index in [1.54, 1.807) is 6.21 Å². The van der Waals surface area contributed by atoms with E-state index >= 15 is 0 Å². The zero-order chi connectivity index (χ0) is 18.2. The third-order valence-corrected chi connectivity index (χ3v) is 3.82. The molecule has 0 aliphatic rings. The fourth-order valence-electron chi connectivity index (χ4n) is 1.77. The van der Waals surface area contributed by atoms with Crippen LogP contribution in [0.5, 0.6) is 0 Å². The molecule has 1 amide bonds. The number of halogens is 2. The van der Waals surface area contributed by atoms with E-state index in [4.69, 9.17) is 28.9 Å². The van der Waals surface area contributed by atoms with Crippen molar-refractivity contribution in [1.82, 2.24) is 15.1 Å². The van der Waals surface area contributed by atoms with Crippen LogP contribution in [0.15, 0.2) is 58.1 Å². The molecule has 0 atom stereocenters. The van der Waals surface area contributed by atoms with Crippen LogP contribution in [-0.2, 0) is 11.3 Å². The number of nitrogens with one attached hydrogen (secondary N) is 1. The predicted molar refractivity (Wildman–Crippen MR) is 98.4 cm³/mol. The number of carbonyl (C=O) groups is 1. The first-order chi connectivity index (χ1) is 12.0. The van der Waals surface area contributed by atoms with E-state index in [0.717, 1.165) is 10.4 Å². The minimum Gasteiger partial charge on any atom is -0.404 e. The van der Waals surface area contributed by atoms with Gasteiger partial charge in [0.1, 0.15) is 11.6 Å². The lowest BCUT2D eigenvalue weighted by molar-refractivity contribution is -0.121. The van der Waals surface area contributed by atoms with Gasteiger partial charge in [-0.2, -0.15) is 5.10 Å². The number of benzene rings is 1. The topological polar surface area (TPSA) is 102 Å². The largest absolute Gasteiger partial charge is 0.404 e. The predicted octanol–water partition coefficient (Wildman–Crippen LogP) is 1.91. The van der Waals surface area contributed by atoms with Crippen LogP contribution >= 0.6 is 23.2 Å². The van der Waals surface area contributed by atoms with Crippen molar-refractivity contribution in [2.75, 3.05) is 6.54 Å². The molecule has 0 radical (unpaired) electrons. The number of hydrogen-bond acceptors (Lipinski definition) is 5. The average Bonchev–Trinajstić information content (AvgIpc) is 2.63. The molecule has 130 valence electrons. The third-order valence-electron chi connectivity index (χ3n) is 3.08. The maximum atomic E-state index is 12.0. The van der Waals surface area contributed by atoms with Gasteiger partial charge in [0.2, 0.25) is 5.91 Å². The quantitative estimate of drug-likeness (QED) is 0.748. The Kier molecular flexibility index (Phi) is 6.73. The van der Waals surface area contributed by atoms with E-state index in [1.165, 1.54) is 12.4 Å². The van der Waals surface area contributed by atoms with Gasteiger partial charge in [-0.1, -0.05) is 41.4 Å². The van der Waals surface area contributed by atoms with E-state index in [9.17, 15) is 9.59 Å². The van der Waals surface area contributed by atoms with E-state index in [2.05, 4.69) is 15.4 Å². The Balaban J connectivity index is 1.93. The smallest absolute Gasteiger partial charge is 0.287 e. The SMILES string of the molecule is NC=C(C=Nc1ccccc1)CNC(=O)Cn1ncc(Cl)c(Cl)c1=O. The Labute approximate surface area is 153 Å². The van der Waals surface area contributed by atoms with Crippen molar-refractivity contribution >= 4 is 41.0 Å². The van der Waals surface area contributed by atoms with Crippen molar-refractivity contribution < 1.29 is 4.79 Å². The molecular formula is C16H15Cl2N5O2. The van der Waals surface area contributed by atoms with Crippen LogP contribution < -0.4 is 16.6 Å². The van der Waals surface area contributed by atoms with Crippen molar-refractivity contribution in [3.63, 3.8) is 0 Å². The first kappa shape index (κ1) is 18.7. The summed E-state index contributed by atoms with van der Waals surface area (Å²) in [6.07, 6.45) is 4.10. The second kappa shape index (κ2) is 9.00. The van der Waals surface area contributed by atoms with Crippen molar-refractivity contribution in [2.45, 2.75) is 6.54 Å². The van der Waals surface area contributed by atoms with Crippen molar-refractivity contribution in [3.8, 4) is 0 Å². The standard InChI is InChI=1S/C16H15Cl2N5O2/c17-13-9-22-23(16(25)15(13)18)10-14(24)21-8-11(6-19)7-20-12-4-2-1-3-5-12/h1-7,9H,8,10,19H2,(H,21,24). The Morgan fingerprint density at radius 3 is 2.72 bits per heavy atom. The molecule has 7 nitrogen and oxygen atoms in total. The zero-order valence-corrected chi connectivity index (χ0v) is 14.5. The van der Waals surface area contributed by atoms with Crippen LogP contribution in [0.3, 0.4) is 0 Å². The Morgan fingerprint density at radius 1 is 1.32 bits per heavy atom. The number of aromatic nitrogens is 2. The van der Waals surface area contributed by atoms with Gasteiger partial charge in [0, 0.05) is 24.5 Å². The lowest BCUT2D eigenvalue weighted by Gasteiger charge is -2.07. The highest BCUT2D eigenvalue weighted by atomic mass is 35.5. The molecule has 2 aromatic rings. The monoisotopic (exact) mass is 379 g/mol. The number of carbonyl (C=O) groups excluding carboxylic acids is 1. The highest BCUT2D eigenvalue weighted by molar-refractivity contribution is 6.41. The van der Waals surface area contributed by atoms with Gasteiger partial charge in [-0.05, 0) is 12.1 Å². The van der Waals surface area contributed by atoms with Crippen LogP contribution in [0.4, 0.5) is 5.69 Å². The van der Waals surface area contributed by atoms with E-state index in [-0.39, 0.29) is 23.1 Å². The molecule has 0 aliphatic heterocycles. The minimum absolute atomic E-state index is 0.0359. The summed E-state index contributed by atoms with van der Waals surface area (Å²) in [6, 6.07) is 9.29. The molecule has 0 aliphatic carbocycles. The van der Waals surface area contributed by atoms with Gasteiger partial charge in [0.25, 0.3) is 5.56 Å². The van der Waals surface area contributed by atoms with Crippen LogP contribution in [0.1, 0.15) is 0 Å². The number of nitrogens with two attached hydrogens (primary N) is 1. The number of para-hydroxylation sites is 1. The normalized spacial score (nSPS) is 11.7. The summed E-state index contributed by atoms with van der Waals surface area (Å²) in [6.45, 7) is -0.134. The molecule has 1 aromatic carbocycles. The first-order valence-electron chi connectivity index (χ1n) is 7.19. The summed E-state index contributed by atoms with van der Waals surface area (Å²) in [4.78, 5) is 28.0. The molecule has 0 fully saturated rings. The van der Waals surface area contributed by atoms with Crippen molar-refractivity contribution in [2.24, 2.45) is 10.7 Å². The molecule has 1 heterocycles. The van der Waals surface area contributed by atoms with Crippen LogP contribution in [-0.4, -0.2) is 28.4 Å². The lowest BCUT2D eigenvalue weighted by atomic mass is 10.3. The van der Waals surface area contributed by atoms with Crippen LogP contribution in [0, 0.1) is 0 Å². The lowest BCUT2D eigenvalue weighted by Crippen LogP contribution is -2.35. The summed E-state index contributed by atoms with van der Waals surface area (Å²) in [7, 11) is 0. The maximum absolute atomic E-state index is 12.0. The summed E-state index contributed by atoms with van der Waals surface area (Å²) in [5.74, 6) is -0.430. The molecule has 25 heavy (non-hydrogen) atoms. The number of nitrogens with zero attached hydrogens (tertiary/aromatic N) is 3. The summed E-state index contributed by atoms with van der Waals surface area (Å²) >= 11 is 11.4. The molecule has 0 unspecified atom stereocenters. The molecule has 0 bridgehead atoms. The molecule has 0 spiro atoms. The second-order valence-corrected chi connectivity index (χ2v) is 5.67. The minimum atomic E-state index is -0.635. The molecular weight excluding hydrogens is 365 g/mol. The number of hydrogen-bond donors (Lipinski definition) is 2. The van der Waals surface area contributed by atoms with Gasteiger partial charge < -0.3 is 11.1 Å². The summed E-state index contributed by atoms with van der Waals surface area (Å²) in [5, 5.41) is 6.25. The summed E-state index contributed by atoms with van der Waals surface area (Å²) < 4.78 is 0.924. The Bertz CT molecular complexity index is 863. The molecule has 9 heteroatoms. The molecule has 0 saturated heterocycles. The fourth-order valence-corrected chi connectivity index (χ4v) is 2.04. The van der Waals surface area contributed by atoms with Gasteiger partial charge >= 0.3 is 0 Å². The van der Waals surface area contributed by atoms with Crippen molar-refractivity contribution in [1.29, 1.82) is 0 Å². The molecule has 3 N–H and O–H groups in total. The van der Waals surface area contributed by atoms with Crippen molar-refractivity contribution in [3.05, 3.63) is 68.7 Å². The zero-order valence-electron chi connectivity index (χ0n) is 13.0. The van der Waals surface area contributed by atoms with E-state index in [1.807, 2.05) is 30.3 Å². The van der Waals surface area contributed by atoms with Gasteiger partial charge in [-0.25, -0.2) is 4.68 Å². The summed E-state index contributed by atoms with van der Waals surface area (Å²) in [5.41, 5.74) is 6.26. The highest BCUT2D eigenvalue weighted by Crippen LogP contribution is 2.14. The molecule has 0 saturated carbocycles. The van der Waals surface area contributed by atoms with Gasteiger partial charge in [0.15, 0.2) is 0 Å².